The highest BCUT2D eigenvalue weighted by Gasteiger charge is 2.09. The molecular formula is C38H61N3O3. The minimum absolute atomic E-state index is 0.383. The van der Waals surface area contributed by atoms with E-state index in [0.29, 0.717) is 24.7 Å². The molecule has 0 radical (unpaired) electrons. The van der Waals surface area contributed by atoms with Gasteiger partial charge in [0.1, 0.15) is 37.1 Å². The van der Waals surface area contributed by atoms with E-state index in [1.165, 1.54) is 33.4 Å². The fourth-order valence-corrected chi connectivity index (χ4v) is 4.08. The van der Waals surface area contributed by atoms with E-state index in [9.17, 15) is 0 Å². The van der Waals surface area contributed by atoms with Crippen LogP contribution in [0.25, 0.3) is 0 Å². The molecule has 0 aliphatic heterocycles. The van der Waals surface area contributed by atoms with Crippen molar-refractivity contribution in [1.82, 2.24) is 15.1 Å². The van der Waals surface area contributed by atoms with Crippen molar-refractivity contribution in [1.29, 1.82) is 0 Å². The molecule has 6 heteroatoms. The summed E-state index contributed by atoms with van der Waals surface area (Å²) in [5.74, 6) is 3.09. The Bertz CT molecular complexity index is 1120. The van der Waals surface area contributed by atoms with Gasteiger partial charge in [0, 0.05) is 18.1 Å². The summed E-state index contributed by atoms with van der Waals surface area (Å²) in [7, 11) is 10.2. The van der Waals surface area contributed by atoms with Gasteiger partial charge in [0.25, 0.3) is 0 Å². The summed E-state index contributed by atoms with van der Waals surface area (Å²) in [5.41, 5.74) is 7.24. The summed E-state index contributed by atoms with van der Waals surface area (Å²) in [6.07, 6.45) is 0. The second-order valence-electron chi connectivity index (χ2n) is 12.4. The van der Waals surface area contributed by atoms with E-state index >= 15 is 0 Å². The van der Waals surface area contributed by atoms with Crippen LogP contribution in [0.2, 0.25) is 0 Å². The molecule has 0 fully saturated rings. The summed E-state index contributed by atoms with van der Waals surface area (Å²) < 4.78 is 17.5. The standard InChI is InChI=1S/2C13H21NO.C12H19NO/c2*1-10-7-6-8-11(2)13(10)15-9-12(3)14(4)5;1-9-6-5-7-10(2)12(9)14-8-11(3)13-4/h2*6-8,12H,9H2,1-5H3;5-7,11,13H,8H2,1-4H3. The molecule has 246 valence electrons. The Morgan fingerprint density at radius 2 is 0.750 bits per heavy atom. The predicted octanol–water partition coefficient (Wildman–Crippen LogP) is 7.55. The molecular weight excluding hydrogens is 546 g/mol. The molecule has 0 saturated heterocycles. The number of nitrogens with zero attached hydrogens (tertiary/aromatic N) is 2. The molecule has 3 aromatic rings. The first-order chi connectivity index (χ1) is 20.7. The number of nitrogens with one attached hydrogen (secondary N) is 1. The molecule has 3 atom stereocenters. The van der Waals surface area contributed by atoms with E-state index in [1.54, 1.807) is 0 Å². The Morgan fingerprint density at radius 1 is 0.500 bits per heavy atom. The molecule has 3 aromatic carbocycles. The zero-order valence-electron chi connectivity index (χ0n) is 30.2. The van der Waals surface area contributed by atoms with Crippen molar-refractivity contribution < 1.29 is 14.2 Å². The van der Waals surface area contributed by atoms with Crippen molar-refractivity contribution in [2.75, 3.05) is 55.1 Å². The number of likely N-dealkylation sites (N-methyl/N-ethyl adjacent to an activating group) is 3. The molecule has 0 amide bonds. The summed E-state index contributed by atoms with van der Waals surface area (Å²) in [4.78, 5) is 4.32. The molecule has 0 aromatic heterocycles. The van der Waals surface area contributed by atoms with Gasteiger partial charge in [-0.15, -0.1) is 0 Å². The van der Waals surface area contributed by atoms with Crippen molar-refractivity contribution in [2.24, 2.45) is 0 Å². The molecule has 0 spiro atoms. The van der Waals surface area contributed by atoms with Gasteiger partial charge < -0.3 is 29.3 Å². The van der Waals surface area contributed by atoms with Crippen LogP contribution in [0, 0.1) is 41.5 Å². The third kappa shape index (κ3) is 13.7. The first kappa shape index (κ1) is 39.0. The zero-order chi connectivity index (χ0) is 33.4. The van der Waals surface area contributed by atoms with Gasteiger partial charge >= 0.3 is 0 Å². The molecule has 0 aliphatic carbocycles. The first-order valence-electron chi connectivity index (χ1n) is 15.8. The minimum Gasteiger partial charge on any atom is -0.491 e. The molecule has 3 rings (SSSR count). The lowest BCUT2D eigenvalue weighted by Crippen LogP contribution is -2.30. The van der Waals surface area contributed by atoms with Gasteiger partial charge in [-0.2, -0.15) is 0 Å². The second-order valence-corrected chi connectivity index (χ2v) is 12.4. The lowest BCUT2D eigenvalue weighted by Gasteiger charge is -2.21. The molecule has 0 heterocycles. The number of ether oxygens (including phenoxy) is 3. The normalized spacial score (nSPS) is 12.8. The molecule has 1 N–H and O–H groups in total. The van der Waals surface area contributed by atoms with Gasteiger partial charge in [-0.3, -0.25) is 0 Å². The number of para-hydroxylation sites is 3. The van der Waals surface area contributed by atoms with Crippen LogP contribution in [0.5, 0.6) is 17.2 Å². The fraction of sp³-hybridized carbons (Fsp3) is 0.526. The molecule has 0 saturated carbocycles. The summed E-state index contributed by atoms with van der Waals surface area (Å²) in [6, 6.07) is 19.9. The van der Waals surface area contributed by atoms with Crippen LogP contribution in [0.15, 0.2) is 54.6 Å². The zero-order valence-corrected chi connectivity index (χ0v) is 30.2. The third-order valence-corrected chi connectivity index (χ3v) is 7.90. The number of hydrogen-bond acceptors (Lipinski definition) is 6. The maximum Gasteiger partial charge on any atom is 0.125 e. The lowest BCUT2D eigenvalue weighted by atomic mass is 10.1. The van der Waals surface area contributed by atoms with Crippen LogP contribution in [0.3, 0.4) is 0 Å². The summed E-state index contributed by atoms with van der Waals surface area (Å²) >= 11 is 0. The van der Waals surface area contributed by atoms with E-state index in [4.69, 9.17) is 14.2 Å². The Morgan fingerprint density at radius 3 is 0.977 bits per heavy atom. The maximum atomic E-state index is 5.85. The first-order valence-corrected chi connectivity index (χ1v) is 15.8. The van der Waals surface area contributed by atoms with E-state index < -0.39 is 0 Å². The van der Waals surface area contributed by atoms with Crippen LogP contribution in [0.1, 0.15) is 54.2 Å². The van der Waals surface area contributed by atoms with Gasteiger partial charge in [0.2, 0.25) is 0 Å². The quantitative estimate of drug-likeness (QED) is 0.229. The predicted molar refractivity (Wildman–Crippen MR) is 189 cm³/mol. The molecule has 6 nitrogen and oxygen atoms in total. The summed E-state index contributed by atoms with van der Waals surface area (Å²) in [5, 5.41) is 3.15. The van der Waals surface area contributed by atoms with Crippen LogP contribution >= 0.6 is 0 Å². The fourth-order valence-electron chi connectivity index (χ4n) is 4.08. The Hall–Kier alpha value is -3.06. The van der Waals surface area contributed by atoms with Crippen molar-refractivity contribution in [3.8, 4) is 17.2 Å². The van der Waals surface area contributed by atoms with Gasteiger partial charge in [0.05, 0.1) is 0 Å². The van der Waals surface area contributed by atoms with Crippen molar-refractivity contribution in [3.63, 3.8) is 0 Å². The van der Waals surface area contributed by atoms with Gasteiger partial charge in [0.15, 0.2) is 0 Å². The Balaban J connectivity index is 0.000000330. The smallest absolute Gasteiger partial charge is 0.125 e. The number of hydrogen-bond donors (Lipinski definition) is 1. The summed E-state index contributed by atoms with van der Waals surface area (Å²) in [6.45, 7) is 21.1. The highest BCUT2D eigenvalue weighted by Crippen LogP contribution is 2.24. The van der Waals surface area contributed by atoms with Crippen LogP contribution in [0.4, 0.5) is 0 Å². The number of benzene rings is 3. The van der Waals surface area contributed by atoms with E-state index in [1.807, 2.05) is 7.05 Å². The van der Waals surface area contributed by atoms with Crippen molar-refractivity contribution in [3.05, 3.63) is 88.0 Å². The third-order valence-electron chi connectivity index (χ3n) is 7.90. The average molecular weight is 608 g/mol. The van der Waals surface area contributed by atoms with Gasteiger partial charge in [-0.1, -0.05) is 54.6 Å². The van der Waals surface area contributed by atoms with Crippen LogP contribution in [-0.2, 0) is 0 Å². The monoisotopic (exact) mass is 607 g/mol. The van der Waals surface area contributed by atoms with Crippen molar-refractivity contribution in [2.45, 2.75) is 80.4 Å². The van der Waals surface area contributed by atoms with E-state index in [2.05, 4.69) is 160 Å². The topological polar surface area (TPSA) is 46.2 Å². The highest BCUT2D eigenvalue weighted by atomic mass is 16.5. The van der Waals surface area contributed by atoms with Gasteiger partial charge in [-0.05, 0) is 131 Å². The maximum absolute atomic E-state index is 5.85. The number of rotatable bonds is 12. The SMILES string of the molecule is CNC(C)COc1c(C)cccc1C.Cc1cccc(C)c1OCC(C)N(C)C.Cc1cccc(C)c1OCC(C)N(C)C. The van der Waals surface area contributed by atoms with Crippen LogP contribution < -0.4 is 19.5 Å². The molecule has 0 bridgehead atoms. The lowest BCUT2D eigenvalue weighted by molar-refractivity contribution is 0.196. The van der Waals surface area contributed by atoms with E-state index in [-0.39, 0.29) is 0 Å². The Labute approximate surface area is 269 Å². The largest absolute Gasteiger partial charge is 0.491 e. The molecule has 0 aliphatic rings. The second kappa shape index (κ2) is 20.1. The van der Waals surface area contributed by atoms with Gasteiger partial charge in [-0.25, -0.2) is 0 Å². The molecule has 44 heavy (non-hydrogen) atoms. The average Bonchev–Trinajstić information content (AvgIpc) is 2.96. The Kier molecular flexibility index (Phi) is 17.8. The highest BCUT2D eigenvalue weighted by molar-refractivity contribution is 5.41. The minimum atomic E-state index is 0.383. The van der Waals surface area contributed by atoms with E-state index in [0.717, 1.165) is 30.5 Å². The molecule has 3 unspecified atom stereocenters. The van der Waals surface area contributed by atoms with Crippen molar-refractivity contribution >= 4 is 0 Å². The number of aryl methyl sites for hydroxylation is 6. The van der Waals surface area contributed by atoms with Crippen LogP contribution in [-0.4, -0.2) is 83.0 Å².